The number of hydrogen-bond acceptors (Lipinski definition) is 3. The van der Waals surface area contributed by atoms with Crippen molar-refractivity contribution in [1.82, 2.24) is 10.6 Å². The van der Waals surface area contributed by atoms with Crippen LogP contribution in [-0.4, -0.2) is 31.5 Å². The average Bonchev–Trinajstić information content (AvgIpc) is 2.43. The molecular weight excluding hydrogens is 244 g/mol. The predicted octanol–water partition coefficient (Wildman–Crippen LogP) is 1.34. The summed E-state index contributed by atoms with van der Waals surface area (Å²) in [5.74, 6) is 0.0243. The standard InChI is InChI=1S/C14H20N2O3/c1-3-9-15-13(17)10-16-14(18)11-7-5-6-8-12(11)19-4-2/h5-8H,3-4,9-10H2,1-2H3,(H,15,17)(H,16,18). The van der Waals surface area contributed by atoms with Gasteiger partial charge in [0.15, 0.2) is 0 Å². The van der Waals surface area contributed by atoms with Crippen LogP contribution in [0.15, 0.2) is 24.3 Å². The van der Waals surface area contributed by atoms with Gasteiger partial charge in [0.05, 0.1) is 18.7 Å². The molecule has 0 atom stereocenters. The second-order valence-corrected chi connectivity index (χ2v) is 3.96. The normalized spacial score (nSPS) is 9.79. The van der Waals surface area contributed by atoms with Gasteiger partial charge in [-0.2, -0.15) is 0 Å². The molecule has 0 spiro atoms. The topological polar surface area (TPSA) is 67.4 Å². The lowest BCUT2D eigenvalue weighted by molar-refractivity contribution is -0.120. The van der Waals surface area contributed by atoms with Gasteiger partial charge in [-0.1, -0.05) is 19.1 Å². The van der Waals surface area contributed by atoms with E-state index in [4.69, 9.17) is 4.74 Å². The molecule has 0 aromatic heterocycles. The number of amides is 2. The number of para-hydroxylation sites is 1. The van der Waals surface area contributed by atoms with Crippen LogP contribution in [0.25, 0.3) is 0 Å². The third-order valence-electron chi connectivity index (χ3n) is 2.41. The lowest BCUT2D eigenvalue weighted by Gasteiger charge is -2.10. The largest absolute Gasteiger partial charge is 0.493 e. The summed E-state index contributed by atoms with van der Waals surface area (Å²) in [5.41, 5.74) is 0.438. The van der Waals surface area contributed by atoms with Gasteiger partial charge in [-0.3, -0.25) is 9.59 Å². The van der Waals surface area contributed by atoms with E-state index in [-0.39, 0.29) is 18.4 Å². The Kier molecular flexibility index (Phi) is 6.43. The van der Waals surface area contributed by atoms with Crippen LogP contribution in [0, 0.1) is 0 Å². The van der Waals surface area contributed by atoms with Gasteiger partial charge in [-0.25, -0.2) is 0 Å². The Bertz CT molecular complexity index is 432. The van der Waals surface area contributed by atoms with Crippen molar-refractivity contribution < 1.29 is 14.3 Å². The van der Waals surface area contributed by atoms with Gasteiger partial charge < -0.3 is 15.4 Å². The van der Waals surface area contributed by atoms with Crippen LogP contribution < -0.4 is 15.4 Å². The molecule has 104 valence electrons. The maximum absolute atomic E-state index is 11.9. The highest BCUT2D eigenvalue weighted by molar-refractivity contribution is 5.98. The second kappa shape index (κ2) is 8.13. The second-order valence-electron chi connectivity index (χ2n) is 3.96. The smallest absolute Gasteiger partial charge is 0.255 e. The number of nitrogens with one attached hydrogen (secondary N) is 2. The lowest BCUT2D eigenvalue weighted by Crippen LogP contribution is -2.37. The molecule has 0 radical (unpaired) electrons. The van der Waals surface area contributed by atoms with E-state index in [2.05, 4.69) is 10.6 Å². The highest BCUT2D eigenvalue weighted by Crippen LogP contribution is 2.17. The van der Waals surface area contributed by atoms with Crippen molar-refractivity contribution in [3.63, 3.8) is 0 Å². The lowest BCUT2D eigenvalue weighted by atomic mass is 10.2. The molecule has 1 aromatic rings. The Morgan fingerprint density at radius 3 is 2.58 bits per heavy atom. The zero-order chi connectivity index (χ0) is 14.1. The van der Waals surface area contributed by atoms with Gasteiger partial charge in [-0.15, -0.1) is 0 Å². The molecule has 0 aliphatic heterocycles. The minimum Gasteiger partial charge on any atom is -0.493 e. The highest BCUT2D eigenvalue weighted by atomic mass is 16.5. The van der Waals surface area contributed by atoms with Gasteiger partial charge in [-0.05, 0) is 25.5 Å². The van der Waals surface area contributed by atoms with E-state index in [1.54, 1.807) is 24.3 Å². The molecule has 0 saturated heterocycles. The van der Waals surface area contributed by atoms with Crippen molar-refractivity contribution in [1.29, 1.82) is 0 Å². The summed E-state index contributed by atoms with van der Waals surface area (Å²) in [6, 6.07) is 6.96. The predicted molar refractivity (Wildman–Crippen MR) is 73.2 cm³/mol. The maximum Gasteiger partial charge on any atom is 0.255 e. The van der Waals surface area contributed by atoms with Gasteiger partial charge in [0, 0.05) is 6.54 Å². The average molecular weight is 264 g/mol. The van der Waals surface area contributed by atoms with E-state index in [0.29, 0.717) is 24.5 Å². The first kappa shape index (κ1) is 15.0. The Balaban J connectivity index is 2.56. The third-order valence-corrected chi connectivity index (χ3v) is 2.41. The molecule has 1 aromatic carbocycles. The van der Waals surface area contributed by atoms with Crippen molar-refractivity contribution >= 4 is 11.8 Å². The van der Waals surface area contributed by atoms with Crippen molar-refractivity contribution in [3.8, 4) is 5.75 Å². The molecule has 0 fully saturated rings. The number of benzene rings is 1. The fourth-order valence-electron chi connectivity index (χ4n) is 1.52. The van der Waals surface area contributed by atoms with Gasteiger partial charge in [0.1, 0.15) is 5.75 Å². The van der Waals surface area contributed by atoms with E-state index < -0.39 is 0 Å². The third kappa shape index (κ3) is 4.99. The van der Waals surface area contributed by atoms with E-state index in [1.807, 2.05) is 13.8 Å². The molecule has 0 heterocycles. The van der Waals surface area contributed by atoms with E-state index >= 15 is 0 Å². The molecule has 5 heteroatoms. The Morgan fingerprint density at radius 2 is 1.89 bits per heavy atom. The summed E-state index contributed by atoms with van der Waals surface area (Å²) in [6.07, 6.45) is 0.868. The van der Waals surface area contributed by atoms with E-state index in [1.165, 1.54) is 0 Å². The van der Waals surface area contributed by atoms with Crippen molar-refractivity contribution in [2.45, 2.75) is 20.3 Å². The molecule has 5 nitrogen and oxygen atoms in total. The first-order chi connectivity index (χ1) is 9.19. The zero-order valence-corrected chi connectivity index (χ0v) is 11.4. The first-order valence-corrected chi connectivity index (χ1v) is 6.45. The first-order valence-electron chi connectivity index (χ1n) is 6.45. The van der Waals surface area contributed by atoms with Gasteiger partial charge in [0.2, 0.25) is 5.91 Å². The summed E-state index contributed by atoms with van der Waals surface area (Å²) >= 11 is 0. The molecule has 0 unspecified atom stereocenters. The van der Waals surface area contributed by atoms with Gasteiger partial charge >= 0.3 is 0 Å². The van der Waals surface area contributed by atoms with Crippen molar-refractivity contribution in [3.05, 3.63) is 29.8 Å². The Morgan fingerprint density at radius 1 is 1.16 bits per heavy atom. The molecule has 2 amide bonds. The summed E-state index contributed by atoms with van der Waals surface area (Å²) < 4.78 is 5.37. The summed E-state index contributed by atoms with van der Waals surface area (Å²) in [7, 11) is 0. The number of carbonyl (C=O) groups excluding carboxylic acids is 2. The van der Waals surface area contributed by atoms with Crippen LogP contribution in [0.3, 0.4) is 0 Å². The number of carbonyl (C=O) groups is 2. The van der Waals surface area contributed by atoms with Crippen molar-refractivity contribution in [2.24, 2.45) is 0 Å². The molecule has 1 rings (SSSR count). The fourth-order valence-corrected chi connectivity index (χ4v) is 1.52. The van der Waals surface area contributed by atoms with E-state index in [9.17, 15) is 9.59 Å². The minimum absolute atomic E-state index is 0.0285. The van der Waals surface area contributed by atoms with Crippen LogP contribution in [0.2, 0.25) is 0 Å². The Hall–Kier alpha value is -2.04. The number of rotatable bonds is 7. The van der Waals surface area contributed by atoms with Crippen LogP contribution in [0.4, 0.5) is 0 Å². The van der Waals surface area contributed by atoms with Crippen LogP contribution in [0.1, 0.15) is 30.6 Å². The molecule has 19 heavy (non-hydrogen) atoms. The maximum atomic E-state index is 11.9. The SMILES string of the molecule is CCCNC(=O)CNC(=O)c1ccccc1OCC. The summed E-state index contributed by atoms with van der Waals surface area (Å²) in [5, 5.41) is 5.27. The minimum atomic E-state index is -0.310. The highest BCUT2D eigenvalue weighted by Gasteiger charge is 2.12. The zero-order valence-electron chi connectivity index (χ0n) is 11.4. The molecule has 2 N–H and O–H groups in total. The summed E-state index contributed by atoms with van der Waals surface area (Å²) in [6.45, 7) is 4.90. The number of hydrogen-bond donors (Lipinski definition) is 2. The van der Waals surface area contributed by atoms with Gasteiger partial charge in [0.25, 0.3) is 5.91 Å². The molecular formula is C14H20N2O3. The summed E-state index contributed by atoms with van der Waals surface area (Å²) in [4.78, 5) is 23.3. The fraction of sp³-hybridized carbons (Fsp3) is 0.429. The van der Waals surface area contributed by atoms with Crippen LogP contribution in [0.5, 0.6) is 5.75 Å². The number of ether oxygens (including phenoxy) is 1. The molecule has 0 aliphatic carbocycles. The monoisotopic (exact) mass is 264 g/mol. The Labute approximate surface area is 113 Å². The van der Waals surface area contributed by atoms with Crippen LogP contribution >= 0.6 is 0 Å². The molecule has 0 aliphatic rings. The van der Waals surface area contributed by atoms with Crippen LogP contribution in [-0.2, 0) is 4.79 Å². The van der Waals surface area contributed by atoms with Crippen molar-refractivity contribution in [2.75, 3.05) is 19.7 Å². The van der Waals surface area contributed by atoms with E-state index in [0.717, 1.165) is 6.42 Å². The molecule has 0 bridgehead atoms. The molecule has 0 saturated carbocycles. The quantitative estimate of drug-likeness (QED) is 0.781.